The number of hydrogen-bond acceptors (Lipinski definition) is 8. The highest BCUT2D eigenvalue weighted by Gasteiger charge is 2.28. The average molecular weight is 506 g/mol. The maximum atomic E-state index is 12.6. The molecule has 0 atom stereocenters. The monoisotopic (exact) mass is 506 g/mol. The van der Waals surface area contributed by atoms with Crippen LogP contribution in [0, 0.1) is 13.8 Å². The predicted octanol–water partition coefficient (Wildman–Crippen LogP) is 5.05. The summed E-state index contributed by atoms with van der Waals surface area (Å²) in [7, 11) is 0. The highest BCUT2D eigenvalue weighted by atomic mass is 16.3. The van der Waals surface area contributed by atoms with Gasteiger partial charge in [-0.05, 0) is 70.8 Å². The van der Waals surface area contributed by atoms with Crippen molar-refractivity contribution < 1.29 is 30.6 Å². The van der Waals surface area contributed by atoms with Crippen LogP contribution in [-0.2, 0) is 0 Å². The quantitative estimate of drug-likeness (QED) is 0.123. The van der Waals surface area contributed by atoms with Crippen LogP contribution in [0.25, 0.3) is 64.6 Å². The fourth-order valence-electron chi connectivity index (χ4n) is 6.36. The number of aromatic hydroxyl groups is 6. The Morgan fingerprint density at radius 1 is 0.395 bits per heavy atom. The summed E-state index contributed by atoms with van der Waals surface area (Å²) in [5.41, 5.74) is 0.123. The van der Waals surface area contributed by atoms with Crippen molar-refractivity contribution >= 4 is 64.6 Å². The van der Waals surface area contributed by atoms with Gasteiger partial charge in [0.05, 0.1) is 21.5 Å². The molecule has 7 aromatic rings. The number of phenolic OH excluding ortho intramolecular Hbond substituents is 6. The van der Waals surface area contributed by atoms with Gasteiger partial charge in [0.1, 0.15) is 34.5 Å². The van der Waals surface area contributed by atoms with Crippen LogP contribution < -0.4 is 10.9 Å². The lowest BCUT2D eigenvalue weighted by molar-refractivity contribution is 0.458. The number of hydrogen-bond donors (Lipinski definition) is 6. The molecule has 186 valence electrons. The molecule has 6 N–H and O–H groups in total. The molecule has 0 aliphatic rings. The minimum absolute atomic E-state index is 0.0250. The molecule has 0 amide bonds. The molecule has 0 aliphatic heterocycles. The van der Waals surface area contributed by atoms with E-state index >= 15 is 0 Å². The topological polar surface area (TPSA) is 156 Å². The summed E-state index contributed by atoms with van der Waals surface area (Å²) in [6.45, 7) is 3.51. The van der Waals surface area contributed by atoms with Crippen LogP contribution in [0.4, 0.5) is 0 Å². The summed E-state index contributed by atoms with van der Waals surface area (Å²) in [4.78, 5) is 25.2. The van der Waals surface area contributed by atoms with Crippen LogP contribution in [-0.4, -0.2) is 30.6 Å². The Morgan fingerprint density at radius 2 is 0.737 bits per heavy atom. The molecule has 0 aliphatic carbocycles. The Labute approximate surface area is 211 Å². The van der Waals surface area contributed by atoms with Gasteiger partial charge in [-0.3, -0.25) is 9.59 Å². The van der Waals surface area contributed by atoms with Crippen LogP contribution >= 0.6 is 0 Å². The molecule has 0 aromatic heterocycles. The van der Waals surface area contributed by atoms with Crippen LogP contribution in [0.15, 0.2) is 46.0 Å². The van der Waals surface area contributed by atoms with Gasteiger partial charge in [0.15, 0.2) is 10.9 Å². The zero-order valence-corrected chi connectivity index (χ0v) is 20.0. The summed E-state index contributed by atoms with van der Waals surface area (Å²) in [6, 6.07) is 7.31. The van der Waals surface area contributed by atoms with Crippen molar-refractivity contribution in [2.24, 2.45) is 0 Å². The van der Waals surface area contributed by atoms with Crippen LogP contribution in [0.1, 0.15) is 11.1 Å². The van der Waals surface area contributed by atoms with E-state index in [-0.39, 0.29) is 43.8 Å². The first-order chi connectivity index (χ1) is 18.0. The van der Waals surface area contributed by atoms with Crippen molar-refractivity contribution in [3.8, 4) is 34.5 Å². The number of fused-ring (bicyclic) bond motifs is 6. The molecule has 8 heteroatoms. The molecule has 0 heterocycles. The van der Waals surface area contributed by atoms with E-state index in [0.717, 1.165) is 12.1 Å². The van der Waals surface area contributed by atoms with E-state index in [0.29, 0.717) is 43.4 Å². The molecular weight excluding hydrogens is 488 g/mol. The van der Waals surface area contributed by atoms with Crippen molar-refractivity contribution in [2.45, 2.75) is 13.8 Å². The third-order valence-electron chi connectivity index (χ3n) is 7.68. The van der Waals surface area contributed by atoms with E-state index in [1.807, 2.05) is 0 Å². The first-order valence-electron chi connectivity index (χ1n) is 11.7. The van der Waals surface area contributed by atoms with Gasteiger partial charge in [-0.15, -0.1) is 0 Å². The van der Waals surface area contributed by atoms with E-state index in [1.165, 1.54) is 24.3 Å². The minimum Gasteiger partial charge on any atom is -0.507 e. The Hall–Kier alpha value is -5.24. The third kappa shape index (κ3) is 2.39. The van der Waals surface area contributed by atoms with Gasteiger partial charge in [-0.25, -0.2) is 0 Å². The summed E-state index contributed by atoms with van der Waals surface area (Å²) in [5, 5.41) is 68.9. The van der Waals surface area contributed by atoms with Gasteiger partial charge >= 0.3 is 0 Å². The van der Waals surface area contributed by atoms with Crippen LogP contribution in [0.2, 0.25) is 0 Å². The van der Waals surface area contributed by atoms with Gasteiger partial charge < -0.3 is 30.6 Å². The summed E-state index contributed by atoms with van der Waals surface area (Å²) >= 11 is 0. The maximum absolute atomic E-state index is 12.6. The van der Waals surface area contributed by atoms with E-state index in [9.17, 15) is 40.2 Å². The fraction of sp³-hybridized carbons (Fsp3) is 0.0667. The van der Waals surface area contributed by atoms with Crippen molar-refractivity contribution in [3.63, 3.8) is 0 Å². The van der Waals surface area contributed by atoms with Gasteiger partial charge in [0.2, 0.25) is 0 Å². The van der Waals surface area contributed by atoms with Gasteiger partial charge in [-0.2, -0.15) is 0 Å². The van der Waals surface area contributed by atoms with E-state index in [1.54, 1.807) is 13.8 Å². The molecule has 0 saturated heterocycles. The molecule has 38 heavy (non-hydrogen) atoms. The van der Waals surface area contributed by atoms with Crippen molar-refractivity contribution in [1.82, 2.24) is 0 Å². The van der Waals surface area contributed by atoms with Crippen molar-refractivity contribution in [3.05, 3.63) is 68.0 Å². The molecule has 0 radical (unpaired) electrons. The van der Waals surface area contributed by atoms with Gasteiger partial charge in [0.25, 0.3) is 0 Å². The lowest BCUT2D eigenvalue weighted by Crippen LogP contribution is -2.01. The van der Waals surface area contributed by atoms with E-state index < -0.39 is 33.9 Å². The average Bonchev–Trinajstić information content (AvgIpc) is 2.80. The lowest BCUT2D eigenvalue weighted by atomic mass is 9.81. The van der Waals surface area contributed by atoms with Gasteiger partial charge in [-0.1, -0.05) is 0 Å². The van der Waals surface area contributed by atoms with Gasteiger partial charge in [0, 0.05) is 33.7 Å². The Kier molecular flexibility index (Phi) is 3.90. The molecule has 7 rings (SSSR count). The second-order valence-corrected chi connectivity index (χ2v) is 9.85. The normalized spacial score (nSPS) is 12.3. The zero-order valence-electron chi connectivity index (χ0n) is 20.0. The smallest absolute Gasteiger partial charge is 0.182 e. The first-order valence-corrected chi connectivity index (χ1v) is 11.7. The first kappa shape index (κ1) is 22.0. The molecule has 7 aromatic carbocycles. The summed E-state index contributed by atoms with van der Waals surface area (Å²) in [5.74, 6) is -2.40. The highest BCUT2D eigenvalue weighted by Crippen LogP contribution is 2.56. The lowest BCUT2D eigenvalue weighted by Gasteiger charge is -2.23. The fourth-order valence-corrected chi connectivity index (χ4v) is 6.36. The van der Waals surface area contributed by atoms with E-state index in [4.69, 9.17) is 0 Å². The number of benzene rings is 7. The Morgan fingerprint density at radius 3 is 1.11 bits per heavy atom. The molecular formula is C30H18O8. The largest absolute Gasteiger partial charge is 0.507 e. The molecule has 0 fully saturated rings. The SMILES string of the molecule is Cc1cc(O)c2c(O)c3c(O)cc(=O)cc3c3c2c1c1c(C)cc(O)c2c(O)c4c(O)cc(=O)cc4c3c21. The van der Waals surface area contributed by atoms with E-state index in [2.05, 4.69) is 0 Å². The summed E-state index contributed by atoms with van der Waals surface area (Å²) < 4.78 is 0. The predicted molar refractivity (Wildman–Crippen MR) is 146 cm³/mol. The number of aryl methyl sites for hydroxylation is 2. The standard InChI is InChI=1S/C30H18O8/c1-9-3-15(33)25-27-19(9)20-10(2)4-16(34)26-28(20)24(14-6-12(32)8-18(36)22(14)30(26)38)23(27)13-5-11(31)7-17(35)21(13)29(25)37/h3-8,33-38H,1-2H3. The van der Waals surface area contributed by atoms with Crippen molar-refractivity contribution in [1.29, 1.82) is 0 Å². The Bertz CT molecular complexity index is 2190. The maximum Gasteiger partial charge on any atom is 0.182 e. The minimum atomic E-state index is -0.548. The van der Waals surface area contributed by atoms with Crippen LogP contribution in [0.5, 0.6) is 34.5 Å². The molecule has 0 spiro atoms. The number of phenols is 6. The second kappa shape index (κ2) is 6.74. The van der Waals surface area contributed by atoms with Crippen LogP contribution in [0.3, 0.4) is 0 Å². The molecule has 0 bridgehead atoms. The molecule has 0 unspecified atom stereocenters. The van der Waals surface area contributed by atoms with Crippen molar-refractivity contribution in [2.75, 3.05) is 0 Å². The highest BCUT2D eigenvalue weighted by molar-refractivity contribution is 6.46. The molecule has 8 nitrogen and oxygen atoms in total. The summed E-state index contributed by atoms with van der Waals surface area (Å²) in [6.07, 6.45) is 0. The third-order valence-corrected chi connectivity index (χ3v) is 7.68. The molecule has 0 saturated carbocycles. The number of rotatable bonds is 0. The zero-order chi connectivity index (χ0) is 26.9. The Balaban J connectivity index is 2.10. The second-order valence-electron chi connectivity index (χ2n) is 9.85.